The van der Waals surface area contributed by atoms with E-state index >= 15 is 0 Å². The van der Waals surface area contributed by atoms with Crippen LogP contribution in [0.2, 0.25) is 0 Å². The lowest BCUT2D eigenvalue weighted by Gasteiger charge is -2.28. The molecular weight excluding hydrogens is 496 g/mol. The van der Waals surface area contributed by atoms with Gasteiger partial charge in [0, 0.05) is 48.0 Å². The number of nitrogens with zero attached hydrogens (tertiary/aromatic N) is 4. The van der Waals surface area contributed by atoms with Gasteiger partial charge in [-0.05, 0) is 73.7 Å². The van der Waals surface area contributed by atoms with Crippen molar-refractivity contribution in [2.75, 3.05) is 29.7 Å². The summed E-state index contributed by atoms with van der Waals surface area (Å²) in [5.41, 5.74) is 7.78. The van der Waals surface area contributed by atoms with Gasteiger partial charge in [0.15, 0.2) is 0 Å². The van der Waals surface area contributed by atoms with Crippen LogP contribution >= 0.6 is 0 Å². The van der Waals surface area contributed by atoms with Crippen LogP contribution in [0.1, 0.15) is 31.7 Å². The number of imidazole rings is 1. The van der Waals surface area contributed by atoms with E-state index in [0.717, 1.165) is 76.7 Å². The number of benzene rings is 2. The van der Waals surface area contributed by atoms with Crippen molar-refractivity contribution in [2.45, 2.75) is 31.7 Å². The lowest BCUT2D eigenvalue weighted by Crippen LogP contribution is -2.37. The van der Waals surface area contributed by atoms with Crippen LogP contribution in [0.4, 0.5) is 5.69 Å². The number of hydrogen-bond acceptors (Lipinski definition) is 5. The van der Waals surface area contributed by atoms with Crippen molar-refractivity contribution in [1.29, 1.82) is 0 Å². The summed E-state index contributed by atoms with van der Waals surface area (Å²) in [5, 5.41) is 4.54. The molecule has 9 heteroatoms. The van der Waals surface area contributed by atoms with E-state index in [0.29, 0.717) is 18.3 Å². The molecule has 8 nitrogen and oxygen atoms in total. The molecule has 5 heterocycles. The van der Waals surface area contributed by atoms with Crippen LogP contribution < -0.4 is 9.62 Å². The fourth-order valence-electron chi connectivity index (χ4n) is 5.87. The molecular formula is C29H30N6O2S. The average molecular weight is 527 g/mol. The van der Waals surface area contributed by atoms with E-state index in [9.17, 15) is 8.42 Å². The minimum absolute atomic E-state index is 0.206. The molecule has 0 amide bonds. The maximum atomic E-state index is 12.7. The molecule has 2 N–H and O–H groups in total. The zero-order valence-electron chi connectivity index (χ0n) is 21.1. The van der Waals surface area contributed by atoms with Gasteiger partial charge in [0.1, 0.15) is 5.65 Å². The second-order valence-electron chi connectivity index (χ2n) is 10.3. The summed E-state index contributed by atoms with van der Waals surface area (Å²) in [6.07, 6.45) is 9.76. The molecule has 1 atom stereocenters. The predicted octanol–water partition coefficient (Wildman–Crippen LogP) is 5.10. The second-order valence-corrected chi connectivity index (χ2v) is 12.3. The van der Waals surface area contributed by atoms with Crippen molar-refractivity contribution in [3.05, 3.63) is 67.3 Å². The number of fused-ring (bicyclic) bond motifs is 2. The van der Waals surface area contributed by atoms with Crippen LogP contribution in [0.3, 0.4) is 0 Å². The number of aromatic nitrogens is 4. The Morgan fingerprint density at radius 2 is 1.89 bits per heavy atom. The predicted molar refractivity (Wildman–Crippen MR) is 152 cm³/mol. The summed E-state index contributed by atoms with van der Waals surface area (Å²) >= 11 is 0. The average Bonchev–Trinajstić information content (AvgIpc) is 3.57. The van der Waals surface area contributed by atoms with E-state index in [2.05, 4.69) is 44.1 Å². The number of nitrogens with one attached hydrogen (secondary N) is 2. The van der Waals surface area contributed by atoms with Gasteiger partial charge in [-0.3, -0.25) is 4.31 Å². The smallest absolute Gasteiger partial charge is 0.235 e. The minimum Gasteiger partial charge on any atom is -0.346 e. The minimum atomic E-state index is -3.27. The monoisotopic (exact) mass is 526 g/mol. The van der Waals surface area contributed by atoms with Gasteiger partial charge < -0.3 is 14.9 Å². The van der Waals surface area contributed by atoms with Crippen LogP contribution in [0.25, 0.3) is 44.3 Å². The van der Waals surface area contributed by atoms with Crippen LogP contribution in [-0.2, 0) is 10.0 Å². The highest BCUT2D eigenvalue weighted by Crippen LogP contribution is 2.35. The van der Waals surface area contributed by atoms with Crippen LogP contribution in [0.15, 0.2) is 67.3 Å². The number of piperidine rings is 1. The van der Waals surface area contributed by atoms with Gasteiger partial charge in [-0.15, -0.1) is 0 Å². The zero-order valence-corrected chi connectivity index (χ0v) is 21.9. The highest BCUT2D eigenvalue weighted by atomic mass is 32.2. The molecule has 194 valence electrons. The van der Waals surface area contributed by atoms with Crippen molar-refractivity contribution in [1.82, 2.24) is 24.8 Å². The zero-order chi connectivity index (χ0) is 25.7. The summed E-state index contributed by atoms with van der Waals surface area (Å²) in [6.45, 7) is 2.57. The molecule has 2 fully saturated rings. The van der Waals surface area contributed by atoms with Crippen molar-refractivity contribution in [2.24, 2.45) is 0 Å². The Kier molecular flexibility index (Phi) is 5.70. The first kappa shape index (κ1) is 23.4. The summed E-state index contributed by atoms with van der Waals surface area (Å²) in [7, 11) is -3.27. The van der Waals surface area contributed by atoms with Crippen LogP contribution in [-0.4, -0.2) is 53.3 Å². The Hall–Kier alpha value is -3.69. The highest BCUT2D eigenvalue weighted by Gasteiger charge is 2.26. The van der Waals surface area contributed by atoms with Crippen molar-refractivity contribution in [3.8, 4) is 22.3 Å². The molecule has 0 bridgehead atoms. The Morgan fingerprint density at radius 1 is 0.947 bits per heavy atom. The topological polar surface area (TPSA) is 95.9 Å². The maximum absolute atomic E-state index is 12.7. The first-order chi connectivity index (χ1) is 18.6. The number of anilines is 1. The van der Waals surface area contributed by atoms with Gasteiger partial charge in [0.25, 0.3) is 0 Å². The number of pyridine rings is 1. The summed E-state index contributed by atoms with van der Waals surface area (Å²) < 4.78 is 29.2. The summed E-state index contributed by atoms with van der Waals surface area (Å²) in [5.74, 6) is 0.206. The van der Waals surface area contributed by atoms with E-state index in [1.165, 1.54) is 6.42 Å². The Labute approximate surface area is 221 Å². The third-order valence-corrected chi connectivity index (χ3v) is 9.77. The first-order valence-corrected chi connectivity index (χ1v) is 14.9. The molecule has 2 aromatic carbocycles. The van der Waals surface area contributed by atoms with Gasteiger partial charge in [0.2, 0.25) is 10.0 Å². The third kappa shape index (κ3) is 4.06. The number of H-pyrrole nitrogens is 1. The molecule has 0 spiro atoms. The van der Waals surface area contributed by atoms with E-state index < -0.39 is 10.0 Å². The van der Waals surface area contributed by atoms with Gasteiger partial charge in [-0.2, -0.15) is 0 Å². The third-order valence-electron chi connectivity index (χ3n) is 7.90. The number of sulfonamides is 1. The molecule has 0 saturated carbocycles. The Balaban J connectivity index is 1.27. The number of rotatable bonds is 4. The van der Waals surface area contributed by atoms with Crippen LogP contribution in [0.5, 0.6) is 0 Å². The molecule has 0 aliphatic carbocycles. The van der Waals surface area contributed by atoms with Gasteiger partial charge in [0.05, 0.1) is 28.8 Å². The van der Waals surface area contributed by atoms with E-state index in [1.807, 2.05) is 43.0 Å². The second kappa shape index (κ2) is 9.25. The molecule has 2 aliphatic rings. The number of hydrogen-bond donors (Lipinski definition) is 2. The molecule has 3 aromatic heterocycles. The van der Waals surface area contributed by atoms with Crippen LogP contribution in [0, 0.1) is 0 Å². The quantitative estimate of drug-likeness (QED) is 0.340. The standard InChI is InChI=1S/C29H30N6O2S/c36-38(37)12-2-1-11-35(38)23-6-3-5-20(13-23)22-14-25-26(18-32-29(25)31-16-22)21-8-9-27-28(15-21)34(19-33-27)24-7-4-10-30-17-24/h3,5-6,8-9,13-16,18-19,24,30H,1-2,4,7,10-12,17H2,(H,31,32). The van der Waals surface area contributed by atoms with Gasteiger partial charge >= 0.3 is 0 Å². The summed E-state index contributed by atoms with van der Waals surface area (Å²) in [6, 6.07) is 16.8. The molecule has 1 unspecified atom stereocenters. The molecule has 0 radical (unpaired) electrons. The van der Waals surface area contributed by atoms with Crippen molar-refractivity contribution in [3.63, 3.8) is 0 Å². The Morgan fingerprint density at radius 3 is 2.76 bits per heavy atom. The first-order valence-electron chi connectivity index (χ1n) is 13.3. The fraction of sp³-hybridized carbons (Fsp3) is 0.310. The van der Waals surface area contributed by atoms with Gasteiger partial charge in [-0.1, -0.05) is 18.2 Å². The SMILES string of the molecule is O=S1(=O)CCCCN1c1cccc(-c2cnc3[nH]cc(-c4ccc5ncn(C6CCCNC6)c5c4)c3c2)c1. The van der Waals surface area contributed by atoms with Gasteiger partial charge in [-0.25, -0.2) is 18.4 Å². The lowest BCUT2D eigenvalue weighted by molar-refractivity contribution is 0.378. The lowest BCUT2D eigenvalue weighted by atomic mass is 10.0. The molecule has 7 rings (SSSR count). The largest absolute Gasteiger partial charge is 0.346 e. The molecule has 2 aliphatic heterocycles. The highest BCUT2D eigenvalue weighted by molar-refractivity contribution is 7.92. The van der Waals surface area contributed by atoms with E-state index in [1.54, 1.807) is 4.31 Å². The maximum Gasteiger partial charge on any atom is 0.235 e. The molecule has 2 saturated heterocycles. The van der Waals surface area contributed by atoms with E-state index in [-0.39, 0.29) is 5.75 Å². The van der Waals surface area contributed by atoms with Crippen molar-refractivity contribution < 1.29 is 8.42 Å². The molecule has 38 heavy (non-hydrogen) atoms. The molecule has 5 aromatic rings. The van der Waals surface area contributed by atoms with E-state index in [4.69, 9.17) is 4.98 Å². The fourth-order valence-corrected chi connectivity index (χ4v) is 7.51. The van der Waals surface area contributed by atoms with Crippen molar-refractivity contribution >= 4 is 37.8 Å². The summed E-state index contributed by atoms with van der Waals surface area (Å²) in [4.78, 5) is 12.7. The Bertz CT molecular complexity index is 1750. The normalized spacial score (nSPS) is 19.8. The number of aromatic amines is 1.